The summed E-state index contributed by atoms with van der Waals surface area (Å²) < 4.78 is 29.2. The predicted molar refractivity (Wildman–Crippen MR) is 98.6 cm³/mol. The van der Waals surface area contributed by atoms with Crippen molar-refractivity contribution in [3.05, 3.63) is 77.8 Å². The molecule has 7 heteroatoms. The number of halogens is 1. The topological polar surface area (TPSA) is 64.8 Å². The van der Waals surface area contributed by atoms with Gasteiger partial charge in [0.1, 0.15) is 23.6 Å². The maximum Gasteiger partial charge on any atom is 0.276 e. The van der Waals surface area contributed by atoms with Crippen LogP contribution >= 0.6 is 0 Å². The predicted octanol–water partition coefficient (Wildman–Crippen LogP) is 3.99. The number of likely N-dealkylation sites (tertiary alicyclic amines) is 1. The molecule has 4 rings (SSSR count). The summed E-state index contributed by atoms with van der Waals surface area (Å²) in [5.74, 6) is 1.20. The van der Waals surface area contributed by atoms with Gasteiger partial charge in [-0.3, -0.25) is 4.79 Å². The van der Waals surface area contributed by atoms with E-state index in [-0.39, 0.29) is 30.1 Å². The lowest BCUT2D eigenvalue weighted by molar-refractivity contribution is 0.0454. The van der Waals surface area contributed by atoms with Gasteiger partial charge in [-0.15, -0.1) is 0 Å². The fourth-order valence-electron chi connectivity index (χ4n) is 3.10. The summed E-state index contributed by atoms with van der Waals surface area (Å²) in [4.78, 5) is 18.7. The Kier molecular flexibility index (Phi) is 4.97. The molecule has 144 valence electrons. The van der Waals surface area contributed by atoms with Crippen molar-refractivity contribution < 1.29 is 23.1 Å². The average molecular weight is 382 g/mol. The van der Waals surface area contributed by atoms with E-state index in [1.165, 1.54) is 18.4 Å². The average Bonchev–Trinajstić information content (AvgIpc) is 3.17. The molecule has 6 nitrogen and oxygen atoms in total. The number of aromatic nitrogens is 1. The number of methoxy groups -OCH3 is 1. The van der Waals surface area contributed by atoms with Crippen molar-refractivity contribution in [2.45, 2.75) is 19.1 Å². The van der Waals surface area contributed by atoms with Gasteiger partial charge in [0.25, 0.3) is 5.91 Å². The molecule has 2 heterocycles. The number of ether oxygens (including phenoxy) is 2. The van der Waals surface area contributed by atoms with Crippen molar-refractivity contribution in [2.75, 3.05) is 13.7 Å². The minimum atomic E-state index is -0.293. The molecule has 0 spiro atoms. The Morgan fingerprint density at radius 1 is 1.18 bits per heavy atom. The first-order chi connectivity index (χ1) is 13.6. The lowest BCUT2D eigenvalue weighted by Gasteiger charge is -2.40. The monoisotopic (exact) mass is 382 g/mol. The molecule has 1 aliphatic heterocycles. The van der Waals surface area contributed by atoms with Crippen LogP contribution in [0.15, 0.2) is 59.2 Å². The SMILES string of the molecule is COc1ccc(OCc2nc(C(=O)N3CC[C@H]3c3ccc(F)cc3)co2)cc1. The Labute approximate surface area is 161 Å². The third-order valence-corrected chi connectivity index (χ3v) is 4.73. The standard InChI is InChI=1S/C21H19FN2O4/c1-26-16-6-8-17(9-7-16)27-13-20-23-18(12-28-20)21(25)24-11-10-19(24)14-2-4-15(22)5-3-14/h2-9,12,19H,10-11,13H2,1H3/t19-/m0/s1. The van der Waals surface area contributed by atoms with Crippen molar-refractivity contribution >= 4 is 5.91 Å². The number of carbonyl (C=O) groups is 1. The van der Waals surface area contributed by atoms with E-state index in [1.54, 1.807) is 48.4 Å². The molecule has 0 bridgehead atoms. The molecule has 0 radical (unpaired) electrons. The summed E-state index contributed by atoms with van der Waals surface area (Å²) in [5, 5.41) is 0. The molecular formula is C21H19FN2O4. The lowest BCUT2D eigenvalue weighted by Crippen LogP contribution is -2.45. The number of hydrogen-bond acceptors (Lipinski definition) is 5. The zero-order valence-electron chi connectivity index (χ0n) is 15.3. The third-order valence-electron chi connectivity index (χ3n) is 4.73. The highest BCUT2D eigenvalue weighted by Crippen LogP contribution is 2.34. The summed E-state index contributed by atoms with van der Waals surface area (Å²) in [7, 11) is 1.60. The van der Waals surface area contributed by atoms with Crippen LogP contribution in [0.1, 0.15) is 34.4 Å². The molecule has 1 amide bonds. The van der Waals surface area contributed by atoms with Crippen LogP contribution in [0.5, 0.6) is 11.5 Å². The smallest absolute Gasteiger partial charge is 0.276 e. The largest absolute Gasteiger partial charge is 0.497 e. The van der Waals surface area contributed by atoms with Crippen LogP contribution in [0.3, 0.4) is 0 Å². The number of amides is 1. The molecule has 1 atom stereocenters. The van der Waals surface area contributed by atoms with E-state index in [2.05, 4.69) is 4.98 Å². The molecule has 0 unspecified atom stereocenters. The number of rotatable bonds is 6. The molecule has 2 aromatic carbocycles. The van der Waals surface area contributed by atoms with Crippen molar-refractivity contribution in [1.29, 1.82) is 0 Å². The molecule has 3 aromatic rings. The van der Waals surface area contributed by atoms with Gasteiger partial charge in [-0.2, -0.15) is 0 Å². The number of nitrogens with zero attached hydrogens (tertiary/aromatic N) is 2. The molecule has 1 aliphatic rings. The van der Waals surface area contributed by atoms with Crippen molar-refractivity contribution in [2.24, 2.45) is 0 Å². The van der Waals surface area contributed by atoms with Gasteiger partial charge in [0.05, 0.1) is 13.2 Å². The second kappa shape index (κ2) is 7.72. The molecular weight excluding hydrogens is 363 g/mol. The number of oxazole rings is 1. The zero-order chi connectivity index (χ0) is 19.5. The Morgan fingerprint density at radius 3 is 2.54 bits per heavy atom. The Morgan fingerprint density at radius 2 is 1.89 bits per heavy atom. The highest BCUT2D eigenvalue weighted by atomic mass is 19.1. The van der Waals surface area contributed by atoms with Gasteiger partial charge in [0, 0.05) is 6.54 Å². The molecule has 0 saturated carbocycles. The molecule has 0 aliphatic carbocycles. The fourth-order valence-corrected chi connectivity index (χ4v) is 3.10. The molecule has 1 saturated heterocycles. The second-order valence-electron chi connectivity index (χ2n) is 6.45. The van der Waals surface area contributed by atoms with Crippen LogP contribution in [-0.4, -0.2) is 29.4 Å². The molecule has 1 aromatic heterocycles. The maximum absolute atomic E-state index is 13.1. The van der Waals surface area contributed by atoms with E-state index in [0.717, 1.165) is 17.7 Å². The number of carbonyl (C=O) groups excluding carboxylic acids is 1. The van der Waals surface area contributed by atoms with Crippen LogP contribution in [-0.2, 0) is 6.61 Å². The van der Waals surface area contributed by atoms with Crippen LogP contribution in [0.25, 0.3) is 0 Å². The molecule has 28 heavy (non-hydrogen) atoms. The summed E-state index contributed by atoms with van der Waals surface area (Å²) in [5.41, 5.74) is 1.15. The molecule has 1 fully saturated rings. The van der Waals surface area contributed by atoms with Crippen molar-refractivity contribution in [1.82, 2.24) is 9.88 Å². The Hall–Kier alpha value is -3.35. The molecule has 0 N–H and O–H groups in total. The second-order valence-corrected chi connectivity index (χ2v) is 6.45. The van der Waals surface area contributed by atoms with Gasteiger partial charge in [-0.25, -0.2) is 9.37 Å². The first kappa shape index (κ1) is 18.0. The number of benzene rings is 2. The number of hydrogen-bond donors (Lipinski definition) is 0. The summed E-state index contributed by atoms with van der Waals surface area (Å²) in [6, 6.07) is 13.3. The lowest BCUT2D eigenvalue weighted by atomic mass is 9.94. The first-order valence-electron chi connectivity index (χ1n) is 8.92. The van der Waals surface area contributed by atoms with E-state index in [9.17, 15) is 9.18 Å². The van der Waals surface area contributed by atoms with E-state index in [0.29, 0.717) is 18.2 Å². The van der Waals surface area contributed by atoms with Crippen LogP contribution in [0.2, 0.25) is 0 Å². The minimum absolute atomic E-state index is 0.0659. The summed E-state index contributed by atoms with van der Waals surface area (Å²) in [6.45, 7) is 0.742. The van der Waals surface area contributed by atoms with Crippen LogP contribution < -0.4 is 9.47 Å². The maximum atomic E-state index is 13.1. The highest BCUT2D eigenvalue weighted by molar-refractivity contribution is 5.92. The summed E-state index contributed by atoms with van der Waals surface area (Å²) in [6.07, 6.45) is 2.18. The van der Waals surface area contributed by atoms with Gasteiger partial charge in [0.2, 0.25) is 5.89 Å². The van der Waals surface area contributed by atoms with Gasteiger partial charge in [0.15, 0.2) is 12.3 Å². The minimum Gasteiger partial charge on any atom is -0.497 e. The van der Waals surface area contributed by atoms with Gasteiger partial charge in [-0.1, -0.05) is 12.1 Å². The van der Waals surface area contributed by atoms with E-state index >= 15 is 0 Å². The zero-order valence-corrected chi connectivity index (χ0v) is 15.3. The Bertz CT molecular complexity index is 953. The van der Waals surface area contributed by atoms with Gasteiger partial charge < -0.3 is 18.8 Å². The Balaban J connectivity index is 1.38. The van der Waals surface area contributed by atoms with E-state index in [4.69, 9.17) is 13.9 Å². The van der Waals surface area contributed by atoms with E-state index < -0.39 is 0 Å². The van der Waals surface area contributed by atoms with Crippen molar-refractivity contribution in [3.8, 4) is 11.5 Å². The normalized spacial score (nSPS) is 15.8. The van der Waals surface area contributed by atoms with Crippen LogP contribution in [0.4, 0.5) is 4.39 Å². The third kappa shape index (κ3) is 3.69. The van der Waals surface area contributed by atoms with E-state index in [1.807, 2.05) is 0 Å². The highest BCUT2D eigenvalue weighted by Gasteiger charge is 2.35. The van der Waals surface area contributed by atoms with Gasteiger partial charge in [-0.05, 0) is 48.4 Å². The first-order valence-corrected chi connectivity index (χ1v) is 8.92. The fraction of sp³-hybridized carbons (Fsp3) is 0.238. The van der Waals surface area contributed by atoms with Crippen molar-refractivity contribution in [3.63, 3.8) is 0 Å². The summed E-state index contributed by atoms with van der Waals surface area (Å²) >= 11 is 0. The van der Waals surface area contributed by atoms with Crippen LogP contribution in [0, 0.1) is 5.82 Å². The quantitative estimate of drug-likeness (QED) is 0.645. The van der Waals surface area contributed by atoms with Gasteiger partial charge >= 0.3 is 0 Å².